The number of nitrogens with two attached hydrogens (primary N) is 1. The van der Waals surface area contributed by atoms with Gasteiger partial charge in [0.2, 0.25) is 0 Å². The van der Waals surface area contributed by atoms with Gasteiger partial charge < -0.3 is 10.5 Å². The molecule has 0 radical (unpaired) electrons. The van der Waals surface area contributed by atoms with E-state index in [1.807, 2.05) is 24.3 Å². The van der Waals surface area contributed by atoms with E-state index in [9.17, 15) is 0 Å². The summed E-state index contributed by atoms with van der Waals surface area (Å²) >= 11 is 8.19. The summed E-state index contributed by atoms with van der Waals surface area (Å²) in [6.07, 6.45) is 0.639. The predicted octanol–water partition coefficient (Wildman–Crippen LogP) is 2.64. The van der Waals surface area contributed by atoms with E-state index in [0.29, 0.717) is 24.6 Å². The molecule has 1 aromatic carbocycles. The van der Waals surface area contributed by atoms with Crippen LogP contribution < -0.4 is 5.73 Å². The van der Waals surface area contributed by atoms with Crippen molar-refractivity contribution in [3.63, 3.8) is 0 Å². The van der Waals surface area contributed by atoms with Crippen LogP contribution in [0.1, 0.15) is 12.0 Å². The molecule has 0 fully saturated rings. The maximum absolute atomic E-state index is 5.41. The lowest BCUT2D eigenvalue weighted by atomic mass is 10.2. The van der Waals surface area contributed by atoms with Gasteiger partial charge in [0, 0.05) is 10.9 Å². The lowest BCUT2D eigenvalue weighted by Crippen LogP contribution is -2.11. The van der Waals surface area contributed by atoms with Crippen molar-refractivity contribution in [3.05, 3.63) is 34.3 Å². The average molecular weight is 274 g/mol. The highest BCUT2D eigenvalue weighted by Gasteiger charge is 1.98. The van der Waals surface area contributed by atoms with Crippen LogP contribution in [0.15, 0.2) is 28.7 Å². The summed E-state index contributed by atoms with van der Waals surface area (Å²) in [5, 5.41) is 0. The van der Waals surface area contributed by atoms with Gasteiger partial charge in [0.05, 0.1) is 18.2 Å². The van der Waals surface area contributed by atoms with Crippen LogP contribution in [0.4, 0.5) is 0 Å². The third-order valence-corrected chi connectivity index (χ3v) is 2.69. The largest absolute Gasteiger partial charge is 0.393 e. The predicted molar refractivity (Wildman–Crippen MR) is 65.2 cm³/mol. The molecule has 1 rings (SSSR count). The van der Waals surface area contributed by atoms with Gasteiger partial charge in [-0.15, -0.1) is 0 Å². The Morgan fingerprint density at radius 1 is 1.43 bits per heavy atom. The summed E-state index contributed by atoms with van der Waals surface area (Å²) in [5.41, 5.74) is 6.48. The van der Waals surface area contributed by atoms with Crippen LogP contribution in [0, 0.1) is 0 Å². The molecule has 0 spiro atoms. The third kappa shape index (κ3) is 4.17. The highest BCUT2D eigenvalue weighted by atomic mass is 79.9. The minimum Gasteiger partial charge on any atom is -0.393 e. The lowest BCUT2D eigenvalue weighted by Gasteiger charge is -2.05. The van der Waals surface area contributed by atoms with E-state index >= 15 is 0 Å². The first-order valence-electron chi connectivity index (χ1n) is 4.29. The molecule has 2 N–H and O–H groups in total. The van der Waals surface area contributed by atoms with Crippen LogP contribution in [0.3, 0.4) is 0 Å². The fourth-order valence-electron chi connectivity index (χ4n) is 0.970. The maximum Gasteiger partial charge on any atom is 0.0750 e. The third-order valence-electron chi connectivity index (χ3n) is 1.71. The molecule has 76 valence electrons. The van der Waals surface area contributed by atoms with Crippen molar-refractivity contribution in [1.82, 2.24) is 0 Å². The first-order valence-corrected chi connectivity index (χ1v) is 5.49. The smallest absolute Gasteiger partial charge is 0.0750 e. The van der Waals surface area contributed by atoms with Gasteiger partial charge in [0.25, 0.3) is 0 Å². The van der Waals surface area contributed by atoms with Gasteiger partial charge in [-0.1, -0.05) is 46.3 Å². The summed E-state index contributed by atoms with van der Waals surface area (Å²) in [6, 6.07) is 7.97. The molecule has 14 heavy (non-hydrogen) atoms. The summed E-state index contributed by atoms with van der Waals surface area (Å²) in [6.45, 7) is 1.17. The highest BCUT2D eigenvalue weighted by Crippen LogP contribution is 2.16. The van der Waals surface area contributed by atoms with Crippen LogP contribution in [0.2, 0.25) is 0 Å². The van der Waals surface area contributed by atoms with Crippen LogP contribution in [-0.4, -0.2) is 11.6 Å². The van der Waals surface area contributed by atoms with Gasteiger partial charge in [-0.25, -0.2) is 0 Å². The molecule has 1 aromatic rings. The van der Waals surface area contributed by atoms with E-state index in [1.165, 1.54) is 0 Å². The Bertz CT molecular complexity index is 317. The minimum atomic E-state index is 0.497. The van der Waals surface area contributed by atoms with Gasteiger partial charge in [0.15, 0.2) is 0 Å². The molecule has 0 amide bonds. The van der Waals surface area contributed by atoms with E-state index in [4.69, 9.17) is 22.7 Å². The van der Waals surface area contributed by atoms with E-state index in [-0.39, 0.29) is 0 Å². The topological polar surface area (TPSA) is 35.2 Å². The van der Waals surface area contributed by atoms with Crippen molar-refractivity contribution in [3.8, 4) is 0 Å². The summed E-state index contributed by atoms with van der Waals surface area (Å²) in [4.78, 5) is 0.497. The Labute approximate surface area is 97.6 Å². The van der Waals surface area contributed by atoms with Crippen molar-refractivity contribution in [2.75, 3.05) is 6.61 Å². The first-order chi connectivity index (χ1) is 6.70. The van der Waals surface area contributed by atoms with Crippen molar-refractivity contribution in [1.29, 1.82) is 0 Å². The molecular formula is C10H12BrNOS. The molecule has 0 unspecified atom stereocenters. The number of ether oxygens (including phenoxy) is 1. The molecule has 0 saturated heterocycles. The highest BCUT2D eigenvalue weighted by molar-refractivity contribution is 9.10. The average Bonchev–Trinajstić information content (AvgIpc) is 2.15. The van der Waals surface area contributed by atoms with Gasteiger partial charge in [-0.2, -0.15) is 0 Å². The zero-order valence-corrected chi connectivity index (χ0v) is 10.1. The number of benzene rings is 1. The SMILES string of the molecule is NC(=S)CCOCc1ccccc1Br. The van der Waals surface area contributed by atoms with Gasteiger partial charge in [0.1, 0.15) is 0 Å². The Balaban J connectivity index is 2.31. The van der Waals surface area contributed by atoms with E-state index < -0.39 is 0 Å². The number of hydrogen-bond acceptors (Lipinski definition) is 2. The van der Waals surface area contributed by atoms with Crippen molar-refractivity contribution < 1.29 is 4.74 Å². The summed E-state index contributed by atoms with van der Waals surface area (Å²) < 4.78 is 6.48. The van der Waals surface area contributed by atoms with Crippen LogP contribution in [0.25, 0.3) is 0 Å². The molecule has 4 heteroatoms. The first kappa shape index (κ1) is 11.6. The fourth-order valence-corrected chi connectivity index (χ4v) is 1.45. The second-order valence-corrected chi connectivity index (χ2v) is 4.24. The number of halogens is 1. The quantitative estimate of drug-likeness (QED) is 0.662. The second kappa shape index (κ2) is 6.11. The monoisotopic (exact) mass is 273 g/mol. The summed E-state index contributed by atoms with van der Waals surface area (Å²) in [5.74, 6) is 0. The van der Waals surface area contributed by atoms with Crippen LogP contribution in [-0.2, 0) is 11.3 Å². The van der Waals surface area contributed by atoms with Crippen molar-refractivity contribution >= 4 is 33.1 Å². The molecule has 0 aliphatic rings. The van der Waals surface area contributed by atoms with E-state index in [0.717, 1.165) is 10.0 Å². The Hall–Kier alpha value is -0.450. The molecule has 0 bridgehead atoms. The molecule has 0 atom stereocenters. The number of hydrogen-bond donors (Lipinski definition) is 1. The Morgan fingerprint density at radius 3 is 2.79 bits per heavy atom. The van der Waals surface area contributed by atoms with Gasteiger partial charge in [-0.05, 0) is 11.6 Å². The van der Waals surface area contributed by atoms with Gasteiger partial charge >= 0.3 is 0 Å². The number of rotatable bonds is 5. The van der Waals surface area contributed by atoms with Crippen LogP contribution in [0.5, 0.6) is 0 Å². The van der Waals surface area contributed by atoms with Gasteiger partial charge in [-0.3, -0.25) is 0 Å². The molecule has 0 heterocycles. The molecule has 2 nitrogen and oxygen atoms in total. The Morgan fingerprint density at radius 2 is 2.14 bits per heavy atom. The molecule has 0 saturated carbocycles. The Kier molecular flexibility index (Phi) is 5.07. The minimum absolute atomic E-state index is 0.497. The molecule has 0 aromatic heterocycles. The molecular weight excluding hydrogens is 262 g/mol. The molecule has 0 aliphatic carbocycles. The zero-order valence-electron chi connectivity index (χ0n) is 7.70. The maximum atomic E-state index is 5.41. The standard InChI is InChI=1S/C10H12BrNOS/c11-9-4-2-1-3-8(9)7-13-6-5-10(12)14/h1-4H,5-7H2,(H2,12,14). The second-order valence-electron chi connectivity index (χ2n) is 2.86. The lowest BCUT2D eigenvalue weighted by molar-refractivity contribution is 0.127. The van der Waals surface area contributed by atoms with Crippen molar-refractivity contribution in [2.24, 2.45) is 5.73 Å². The van der Waals surface area contributed by atoms with Crippen molar-refractivity contribution in [2.45, 2.75) is 13.0 Å². The zero-order chi connectivity index (χ0) is 10.4. The normalized spacial score (nSPS) is 10.1. The number of thiocarbonyl (C=S) groups is 1. The van der Waals surface area contributed by atoms with E-state index in [1.54, 1.807) is 0 Å². The fraction of sp³-hybridized carbons (Fsp3) is 0.300. The van der Waals surface area contributed by atoms with Crippen LogP contribution >= 0.6 is 28.1 Å². The molecule has 0 aliphatic heterocycles. The van der Waals surface area contributed by atoms with E-state index in [2.05, 4.69) is 15.9 Å². The summed E-state index contributed by atoms with van der Waals surface area (Å²) in [7, 11) is 0.